The Hall–Kier alpha value is -2.56. The van der Waals surface area contributed by atoms with Gasteiger partial charge in [0.2, 0.25) is 0 Å². The van der Waals surface area contributed by atoms with Gasteiger partial charge in [0.1, 0.15) is 0 Å². The summed E-state index contributed by atoms with van der Waals surface area (Å²) in [5.41, 5.74) is 4.48. The molecule has 2 aromatic rings. The van der Waals surface area contributed by atoms with Gasteiger partial charge in [-0.2, -0.15) is 0 Å². The molecule has 28 heavy (non-hydrogen) atoms. The third-order valence-electron chi connectivity index (χ3n) is 5.48. The minimum absolute atomic E-state index is 0.0695. The average molecular weight is 381 g/mol. The maximum atomic E-state index is 13.0. The number of nitrogens with one attached hydrogen (secondary N) is 1. The number of urea groups is 1. The van der Waals surface area contributed by atoms with Gasteiger partial charge in [0, 0.05) is 38.6 Å². The predicted molar refractivity (Wildman–Crippen MR) is 114 cm³/mol. The number of rotatable bonds is 6. The molecule has 1 saturated heterocycles. The van der Waals surface area contributed by atoms with Crippen LogP contribution in [0.25, 0.3) is 0 Å². The maximum absolute atomic E-state index is 13.0. The van der Waals surface area contributed by atoms with Gasteiger partial charge in [-0.25, -0.2) is 4.79 Å². The van der Waals surface area contributed by atoms with Crippen molar-refractivity contribution < 1.29 is 4.79 Å². The van der Waals surface area contributed by atoms with Gasteiger partial charge < -0.3 is 15.1 Å². The maximum Gasteiger partial charge on any atom is 0.317 e. The lowest BCUT2D eigenvalue weighted by Crippen LogP contribution is -2.41. The van der Waals surface area contributed by atoms with Crippen LogP contribution in [0, 0.1) is 12.8 Å². The SMILES string of the molecule is Cc1cccnc1C(NC(=O)N(C)Cc1ccccc1N1CCCC1)C(C)C. The molecule has 5 heteroatoms. The van der Waals surface area contributed by atoms with E-state index in [4.69, 9.17) is 0 Å². The summed E-state index contributed by atoms with van der Waals surface area (Å²) in [6.45, 7) is 9.05. The number of aromatic nitrogens is 1. The third kappa shape index (κ3) is 4.64. The van der Waals surface area contributed by atoms with Crippen molar-refractivity contribution in [3.63, 3.8) is 0 Å². The van der Waals surface area contributed by atoms with Crippen LogP contribution >= 0.6 is 0 Å². The second-order valence-corrected chi connectivity index (χ2v) is 8.06. The number of pyridine rings is 1. The molecule has 1 aromatic heterocycles. The molecule has 1 N–H and O–H groups in total. The molecule has 1 aliphatic rings. The van der Waals surface area contributed by atoms with Crippen molar-refractivity contribution in [1.82, 2.24) is 15.2 Å². The molecule has 5 nitrogen and oxygen atoms in total. The van der Waals surface area contributed by atoms with Crippen molar-refractivity contribution in [3.05, 3.63) is 59.4 Å². The minimum Gasteiger partial charge on any atom is -0.371 e. The second kappa shape index (κ2) is 9.09. The van der Waals surface area contributed by atoms with E-state index in [0.717, 1.165) is 24.3 Å². The Labute approximate surface area is 168 Å². The first-order chi connectivity index (χ1) is 13.5. The number of benzene rings is 1. The van der Waals surface area contributed by atoms with Gasteiger partial charge >= 0.3 is 6.03 Å². The molecule has 0 radical (unpaired) electrons. The minimum atomic E-state index is -0.107. The van der Waals surface area contributed by atoms with Crippen LogP contribution in [-0.2, 0) is 6.54 Å². The molecule has 1 aromatic carbocycles. The summed E-state index contributed by atoms with van der Waals surface area (Å²) in [5, 5.41) is 3.19. The van der Waals surface area contributed by atoms with Crippen molar-refractivity contribution in [1.29, 1.82) is 0 Å². The lowest BCUT2D eigenvalue weighted by molar-refractivity contribution is 0.198. The van der Waals surface area contributed by atoms with Crippen LogP contribution in [0.5, 0.6) is 0 Å². The predicted octanol–water partition coefficient (Wildman–Crippen LogP) is 4.53. The molecule has 0 aliphatic carbocycles. The van der Waals surface area contributed by atoms with Crippen molar-refractivity contribution in [2.24, 2.45) is 5.92 Å². The van der Waals surface area contributed by atoms with E-state index >= 15 is 0 Å². The number of para-hydroxylation sites is 1. The fourth-order valence-electron chi connectivity index (χ4n) is 3.86. The zero-order valence-corrected chi connectivity index (χ0v) is 17.5. The summed E-state index contributed by atoms with van der Waals surface area (Å²) in [7, 11) is 1.86. The molecule has 0 saturated carbocycles. The Balaban J connectivity index is 1.72. The molecule has 0 spiro atoms. The van der Waals surface area contributed by atoms with Crippen molar-refractivity contribution in [2.45, 2.75) is 46.2 Å². The molecule has 1 aliphatic heterocycles. The molecule has 3 rings (SSSR count). The summed E-state index contributed by atoms with van der Waals surface area (Å²) in [6, 6.07) is 12.2. The van der Waals surface area contributed by atoms with Crippen LogP contribution in [0.3, 0.4) is 0 Å². The van der Waals surface area contributed by atoms with Crippen LogP contribution in [0.15, 0.2) is 42.6 Å². The zero-order chi connectivity index (χ0) is 20.1. The van der Waals surface area contributed by atoms with Gasteiger partial charge in [-0.05, 0) is 48.9 Å². The Morgan fingerprint density at radius 2 is 1.89 bits per heavy atom. The van der Waals surface area contributed by atoms with Crippen LogP contribution < -0.4 is 10.2 Å². The molecule has 150 valence electrons. The lowest BCUT2D eigenvalue weighted by atomic mass is 9.97. The highest BCUT2D eigenvalue weighted by Gasteiger charge is 2.24. The standard InChI is InChI=1S/C23H32N4O/c1-17(2)21(22-18(3)10-9-13-24-22)25-23(28)26(4)16-19-11-5-6-12-20(19)27-14-7-8-15-27/h5-6,9-13,17,21H,7-8,14-16H2,1-4H3,(H,25,28). The van der Waals surface area contributed by atoms with Crippen molar-refractivity contribution >= 4 is 11.7 Å². The first-order valence-corrected chi connectivity index (χ1v) is 10.2. The van der Waals surface area contributed by atoms with Gasteiger partial charge in [0.05, 0.1) is 11.7 Å². The van der Waals surface area contributed by atoms with Gasteiger partial charge in [0.15, 0.2) is 0 Å². The quantitative estimate of drug-likeness (QED) is 0.801. The Bertz CT molecular complexity index is 799. The van der Waals surface area contributed by atoms with Crippen LogP contribution in [0.1, 0.15) is 49.6 Å². The molecule has 1 atom stereocenters. The van der Waals surface area contributed by atoms with Crippen molar-refractivity contribution in [3.8, 4) is 0 Å². The number of hydrogen-bond donors (Lipinski definition) is 1. The first-order valence-electron chi connectivity index (χ1n) is 10.2. The third-order valence-corrected chi connectivity index (χ3v) is 5.48. The number of carbonyl (C=O) groups is 1. The Morgan fingerprint density at radius 1 is 1.18 bits per heavy atom. The molecule has 1 fully saturated rings. The molecule has 1 unspecified atom stereocenters. The van der Waals surface area contributed by atoms with E-state index in [0.29, 0.717) is 6.54 Å². The molecule has 0 bridgehead atoms. The molecule has 2 amide bonds. The van der Waals surface area contributed by atoms with E-state index in [9.17, 15) is 4.79 Å². The fraction of sp³-hybridized carbons (Fsp3) is 0.478. The number of aryl methyl sites for hydroxylation is 1. The summed E-state index contributed by atoms with van der Waals surface area (Å²) < 4.78 is 0. The lowest BCUT2D eigenvalue weighted by Gasteiger charge is -2.28. The number of anilines is 1. The van der Waals surface area contributed by atoms with E-state index < -0.39 is 0 Å². The number of carbonyl (C=O) groups excluding carboxylic acids is 1. The highest BCUT2D eigenvalue weighted by Crippen LogP contribution is 2.26. The van der Waals surface area contributed by atoms with E-state index in [1.165, 1.54) is 24.1 Å². The Kier molecular flexibility index (Phi) is 6.55. The van der Waals surface area contributed by atoms with E-state index in [-0.39, 0.29) is 18.0 Å². The van der Waals surface area contributed by atoms with Gasteiger partial charge in [-0.3, -0.25) is 4.98 Å². The molecular formula is C23H32N4O. The zero-order valence-electron chi connectivity index (χ0n) is 17.5. The van der Waals surface area contributed by atoms with Crippen LogP contribution in [0.2, 0.25) is 0 Å². The average Bonchev–Trinajstić information content (AvgIpc) is 3.21. The topological polar surface area (TPSA) is 48.5 Å². The Morgan fingerprint density at radius 3 is 2.57 bits per heavy atom. The molecule has 2 heterocycles. The van der Waals surface area contributed by atoms with Crippen molar-refractivity contribution in [2.75, 3.05) is 25.0 Å². The van der Waals surface area contributed by atoms with Gasteiger partial charge in [-0.15, -0.1) is 0 Å². The first kappa shape index (κ1) is 20.2. The van der Waals surface area contributed by atoms with E-state index in [1.807, 2.05) is 26.1 Å². The summed E-state index contributed by atoms with van der Waals surface area (Å²) in [5.74, 6) is 0.253. The number of nitrogens with zero attached hydrogens (tertiary/aromatic N) is 3. The van der Waals surface area contributed by atoms with Crippen LogP contribution in [0.4, 0.5) is 10.5 Å². The van der Waals surface area contributed by atoms with Crippen LogP contribution in [-0.4, -0.2) is 36.1 Å². The van der Waals surface area contributed by atoms with Gasteiger partial charge in [-0.1, -0.05) is 38.1 Å². The summed E-state index contributed by atoms with van der Waals surface area (Å²) >= 11 is 0. The van der Waals surface area contributed by atoms with E-state index in [1.54, 1.807) is 11.1 Å². The summed E-state index contributed by atoms with van der Waals surface area (Å²) in [4.78, 5) is 21.7. The summed E-state index contributed by atoms with van der Waals surface area (Å²) in [6.07, 6.45) is 4.27. The molecular weight excluding hydrogens is 348 g/mol. The fourth-order valence-corrected chi connectivity index (χ4v) is 3.86. The monoisotopic (exact) mass is 380 g/mol. The van der Waals surface area contributed by atoms with Gasteiger partial charge in [0.25, 0.3) is 0 Å². The normalized spacial score (nSPS) is 15.0. The number of hydrogen-bond acceptors (Lipinski definition) is 3. The van der Waals surface area contributed by atoms with E-state index in [2.05, 4.69) is 53.3 Å². The highest BCUT2D eigenvalue weighted by molar-refractivity contribution is 5.75. The largest absolute Gasteiger partial charge is 0.371 e. The second-order valence-electron chi connectivity index (χ2n) is 8.06. The number of amides is 2. The smallest absolute Gasteiger partial charge is 0.317 e. The highest BCUT2D eigenvalue weighted by atomic mass is 16.2.